The number of halogens is 1. The van der Waals surface area contributed by atoms with Crippen molar-refractivity contribution >= 4 is 40.1 Å². The standard InChI is InChI=1S/C29H28ClN5O4/c1-17-26(38-17)29(37)35-12-6-5-7-18(35)14-31-27-24-22(15-32-28(24)34-16-33-27)25(36)21-11-10-20(13-23(21)30)39-19-8-3-2-4-9-19/h2-4,8-11,13,15-18,26H,5-7,12,14H2,1H3,(H2,31,32,33,34). The van der Waals surface area contributed by atoms with Crippen molar-refractivity contribution in [2.24, 2.45) is 0 Å². The van der Waals surface area contributed by atoms with Crippen molar-refractivity contribution in [2.75, 3.05) is 18.4 Å². The number of epoxide rings is 1. The fraction of sp³-hybridized carbons (Fsp3) is 0.310. The Hall–Kier alpha value is -3.95. The molecule has 6 rings (SSSR count). The molecule has 3 unspecified atom stereocenters. The number of anilines is 1. The van der Waals surface area contributed by atoms with E-state index in [1.165, 1.54) is 6.33 Å². The van der Waals surface area contributed by atoms with E-state index >= 15 is 0 Å². The highest BCUT2D eigenvalue weighted by Crippen LogP contribution is 2.32. The summed E-state index contributed by atoms with van der Waals surface area (Å²) in [5, 5.41) is 4.24. The summed E-state index contributed by atoms with van der Waals surface area (Å²) in [6.45, 7) is 3.13. The third-order valence-electron chi connectivity index (χ3n) is 7.25. The fourth-order valence-corrected chi connectivity index (χ4v) is 5.37. The van der Waals surface area contributed by atoms with E-state index in [0.29, 0.717) is 52.6 Å². The number of aromatic nitrogens is 3. The summed E-state index contributed by atoms with van der Waals surface area (Å²) >= 11 is 6.54. The zero-order chi connectivity index (χ0) is 26.9. The van der Waals surface area contributed by atoms with Crippen molar-refractivity contribution in [3.8, 4) is 11.5 Å². The van der Waals surface area contributed by atoms with Crippen LogP contribution in [0.2, 0.25) is 5.02 Å². The number of carbonyl (C=O) groups excluding carboxylic acids is 2. The van der Waals surface area contributed by atoms with Gasteiger partial charge in [0.1, 0.15) is 29.3 Å². The first-order chi connectivity index (χ1) is 19.0. The van der Waals surface area contributed by atoms with Crippen LogP contribution in [0, 0.1) is 0 Å². The van der Waals surface area contributed by atoms with Gasteiger partial charge in [0.2, 0.25) is 0 Å². The molecule has 4 aromatic rings. The number of amides is 1. The molecule has 2 aliphatic heterocycles. The van der Waals surface area contributed by atoms with Crippen LogP contribution < -0.4 is 10.1 Å². The Labute approximate surface area is 230 Å². The van der Waals surface area contributed by atoms with Crippen LogP contribution in [-0.4, -0.2) is 62.9 Å². The molecule has 2 aromatic heterocycles. The Morgan fingerprint density at radius 2 is 1.95 bits per heavy atom. The maximum atomic E-state index is 13.6. The Kier molecular flexibility index (Phi) is 6.93. The first kappa shape index (κ1) is 25.3. The second kappa shape index (κ2) is 10.7. The number of ether oxygens (including phenoxy) is 2. The van der Waals surface area contributed by atoms with Crippen LogP contribution in [0.1, 0.15) is 42.1 Å². The Morgan fingerprint density at radius 1 is 1.13 bits per heavy atom. The minimum atomic E-state index is -0.334. The number of nitrogens with zero attached hydrogens (tertiary/aromatic N) is 3. The van der Waals surface area contributed by atoms with E-state index in [-0.39, 0.29) is 35.0 Å². The number of nitrogens with one attached hydrogen (secondary N) is 2. The molecule has 10 heteroatoms. The van der Waals surface area contributed by atoms with Gasteiger partial charge in [-0.3, -0.25) is 9.59 Å². The zero-order valence-electron chi connectivity index (χ0n) is 21.4. The lowest BCUT2D eigenvalue weighted by atomic mass is 10.0. The number of likely N-dealkylation sites (tertiary alicyclic amines) is 1. The molecule has 0 bridgehead atoms. The van der Waals surface area contributed by atoms with Gasteiger partial charge >= 0.3 is 0 Å². The summed E-state index contributed by atoms with van der Waals surface area (Å²) in [5.74, 6) is 1.52. The molecule has 2 aromatic carbocycles. The number of rotatable bonds is 8. The molecular weight excluding hydrogens is 518 g/mol. The molecule has 0 saturated carbocycles. The molecule has 39 heavy (non-hydrogen) atoms. The van der Waals surface area contributed by atoms with Crippen LogP contribution in [0.25, 0.3) is 11.0 Å². The number of hydrogen-bond donors (Lipinski definition) is 2. The molecule has 9 nitrogen and oxygen atoms in total. The number of para-hydroxylation sites is 1. The highest BCUT2D eigenvalue weighted by molar-refractivity contribution is 6.35. The van der Waals surface area contributed by atoms with E-state index in [1.54, 1.807) is 24.4 Å². The molecule has 2 N–H and O–H groups in total. The summed E-state index contributed by atoms with van der Waals surface area (Å²) in [4.78, 5) is 40.3. The van der Waals surface area contributed by atoms with E-state index < -0.39 is 0 Å². The zero-order valence-corrected chi connectivity index (χ0v) is 22.1. The number of aromatic amines is 1. The summed E-state index contributed by atoms with van der Waals surface area (Å²) in [5.41, 5.74) is 1.28. The van der Waals surface area contributed by atoms with Gasteiger partial charge in [-0.15, -0.1) is 0 Å². The molecule has 3 atom stereocenters. The number of benzene rings is 2. The average Bonchev–Trinajstić information content (AvgIpc) is 3.52. The van der Waals surface area contributed by atoms with Crippen molar-refractivity contribution in [3.05, 3.63) is 77.2 Å². The van der Waals surface area contributed by atoms with Gasteiger partial charge in [0, 0.05) is 37.0 Å². The Balaban J connectivity index is 1.22. The molecule has 0 radical (unpaired) electrons. The average molecular weight is 546 g/mol. The molecule has 2 saturated heterocycles. The van der Waals surface area contributed by atoms with E-state index in [4.69, 9.17) is 21.1 Å². The van der Waals surface area contributed by atoms with Gasteiger partial charge in [-0.1, -0.05) is 29.8 Å². The lowest BCUT2D eigenvalue weighted by Gasteiger charge is -2.35. The van der Waals surface area contributed by atoms with Crippen LogP contribution >= 0.6 is 11.6 Å². The largest absolute Gasteiger partial charge is 0.457 e. The maximum absolute atomic E-state index is 13.6. The third-order valence-corrected chi connectivity index (χ3v) is 7.56. The number of carbonyl (C=O) groups is 2. The van der Waals surface area contributed by atoms with E-state index in [1.807, 2.05) is 42.2 Å². The monoisotopic (exact) mass is 545 g/mol. The summed E-state index contributed by atoms with van der Waals surface area (Å²) in [6.07, 6.45) is 5.63. The number of fused-ring (bicyclic) bond motifs is 1. The van der Waals surface area contributed by atoms with E-state index in [0.717, 1.165) is 19.3 Å². The third kappa shape index (κ3) is 5.20. The van der Waals surface area contributed by atoms with Crippen LogP contribution in [0.5, 0.6) is 11.5 Å². The van der Waals surface area contributed by atoms with Crippen LogP contribution in [0.3, 0.4) is 0 Å². The minimum absolute atomic E-state index is 0.0114. The lowest BCUT2D eigenvalue weighted by Crippen LogP contribution is -2.49. The molecule has 200 valence electrons. The van der Waals surface area contributed by atoms with Gasteiger partial charge in [-0.25, -0.2) is 9.97 Å². The molecule has 4 heterocycles. The highest BCUT2D eigenvalue weighted by atomic mass is 35.5. The van der Waals surface area contributed by atoms with Gasteiger partial charge in [-0.05, 0) is 50.5 Å². The first-order valence-corrected chi connectivity index (χ1v) is 13.5. The van der Waals surface area contributed by atoms with Crippen LogP contribution in [-0.2, 0) is 9.53 Å². The fourth-order valence-electron chi connectivity index (χ4n) is 5.11. The molecular formula is C29H28ClN5O4. The second-order valence-corrected chi connectivity index (χ2v) is 10.3. The van der Waals surface area contributed by atoms with Crippen LogP contribution in [0.4, 0.5) is 5.82 Å². The predicted molar refractivity (Wildman–Crippen MR) is 147 cm³/mol. The molecule has 0 aliphatic carbocycles. The van der Waals surface area contributed by atoms with Crippen molar-refractivity contribution in [3.63, 3.8) is 0 Å². The number of hydrogen-bond acceptors (Lipinski definition) is 7. The topological polar surface area (TPSA) is 113 Å². The summed E-state index contributed by atoms with van der Waals surface area (Å²) in [6, 6.07) is 14.4. The van der Waals surface area contributed by atoms with Gasteiger partial charge in [0.05, 0.1) is 22.1 Å². The SMILES string of the molecule is CC1OC1C(=O)N1CCCCC1CNc1ncnc2[nH]cc(C(=O)c3ccc(Oc4ccccc4)cc3Cl)c12. The normalized spacial score (nSPS) is 20.6. The lowest BCUT2D eigenvalue weighted by molar-refractivity contribution is -0.135. The van der Waals surface area contributed by atoms with Crippen molar-refractivity contribution in [1.82, 2.24) is 19.9 Å². The van der Waals surface area contributed by atoms with E-state index in [2.05, 4.69) is 20.3 Å². The quantitative estimate of drug-likeness (QED) is 0.231. The van der Waals surface area contributed by atoms with Gasteiger partial charge < -0.3 is 24.7 Å². The van der Waals surface area contributed by atoms with Gasteiger partial charge in [0.15, 0.2) is 11.9 Å². The summed E-state index contributed by atoms with van der Waals surface area (Å²) < 4.78 is 11.3. The highest BCUT2D eigenvalue weighted by Gasteiger charge is 2.45. The van der Waals surface area contributed by atoms with Gasteiger partial charge in [0.25, 0.3) is 5.91 Å². The molecule has 1 amide bonds. The molecule has 2 aliphatic rings. The second-order valence-electron chi connectivity index (χ2n) is 9.86. The smallest absolute Gasteiger partial charge is 0.254 e. The number of ketones is 1. The van der Waals surface area contributed by atoms with Crippen molar-refractivity contribution in [1.29, 1.82) is 0 Å². The Morgan fingerprint density at radius 3 is 2.72 bits per heavy atom. The minimum Gasteiger partial charge on any atom is -0.457 e. The summed E-state index contributed by atoms with van der Waals surface area (Å²) in [7, 11) is 0. The maximum Gasteiger partial charge on any atom is 0.254 e. The number of piperidine rings is 1. The van der Waals surface area contributed by atoms with Crippen molar-refractivity contribution < 1.29 is 19.1 Å². The predicted octanol–water partition coefficient (Wildman–Crippen LogP) is 5.21. The molecule has 0 spiro atoms. The van der Waals surface area contributed by atoms with Crippen molar-refractivity contribution in [2.45, 2.75) is 44.4 Å². The van der Waals surface area contributed by atoms with Gasteiger partial charge in [-0.2, -0.15) is 0 Å². The Bertz CT molecular complexity index is 1520. The van der Waals surface area contributed by atoms with E-state index in [9.17, 15) is 9.59 Å². The first-order valence-electron chi connectivity index (χ1n) is 13.1. The number of H-pyrrole nitrogens is 1. The van der Waals surface area contributed by atoms with Crippen LogP contribution in [0.15, 0.2) is 61.1 Å². The molecule has 2 fully saturated rings.